The van der Waals surface area contributed by atoms with Crippen LogP contribution in [0, 0.1) is 5.92 Å². The second-order valence-electron chi connectivity index (χ2n) is 6.77. The van der Waals surface area contributed by atoms with Crippen LogP contribution in [0.3, 0.4) is 0 Å². The second-order valence-corrected chi connectivity index (χ2v) is 6.77. The molecule has 3 rings (SSSR count). The zero-order valence-corrected chi connectivity index (χ0v) is 13.3. The minimum atomic E-state index is 0.609. The summed E-state index contributed by atoms with van der Waals surface area (Å²) in [5, 5.41) is 3.72. The van der Waals surface area contributed by atoms with Gasteiger partial charge in [0.15, 0.2) is 0 Å². The summed E-state index contributed by atoms with van der Waals surface area (Å²) in [5.41, 5.74) is 1.38. The highest BCUT2D eigenvalue weighted by molar-refractivity contribution is 5.37. The molecule has 0 aromatic heterocycles. The number of hydrogen-bond acceptors (Lipinski definition) is 3. The lowest BCUT2D eigenvalue weighted by Gasteiger charge is -2.26. The molecule has 1 fully saturated rings. The van der Waals surface area contributed by atoms with Gasteiger partial charge in [0.25, 0.3) is 0 Å². The van der Waals surface area contributed by atoms with Gasteiger partial charge in [-0.05, 0) is 57.3 Å². The lowest BCUT2D eigenvalue weighted by Crippen LogP contribution is -2.32. The summed E-state index contributed by atoms with van der Waals surface area (Å²) < 4.78 is 5.74. The summed E-state index contributed by atoms with van der Waals surface area (Å²) in [6.45, 7) is 10.2. The van der Waals surface area contributed by atoms with Crippen molar-refractivity contribution in [1.82, 2.24) is 10.2 Å². The average Bonchev–Trinajstić information content (AvgIpc) is 2.97. The maximum Gasteiger partial charge on any atom is 0.122 e. The van der Waals surface area contributed by atoms with E-state index in [1.54, 1.807) is 0 Å². The van der Waals surface area contributed by atoms with Crippen molar-refractivity contribution >= 4 is 0 Å². The molecule has 0 amide bonds. The number of nitrogens with one attached hydrogen (secondary N) is 1. The molecule has 1 aromatic carbocycles. The first-order valence-electron chi connectivity index (χ1n) is 8.40. The maximum absolute atomic E-state index is 5.74. The van der Waals surface area contributed by atoms with Crippen LogP contribution in [0.2, 0.25) is 0 Å². The molecule has 21 heavy (non-hydrogen) atoms. The van der Waals surface area contributed by atoms with Crippen LogP contribution in [0.1, 0.15) is 38.2 Å². The molecule has 116 valence electrons. The summed E-state index contributed by atoms with van der Waals surface area (Å²) in [4.78, 5) is 2.59. The summed E-state index contributed by atoms with van der Waals surface area (Å²) in [7, 11) is 0. The highest BCUT2D eigenvalue weighted by atomic mass is 16.5. The van der Waals surface area contributed by atoms with Crippen LogP contribution >= 0.6 is 0 Å². The molecule has 0 aliphatic carbocycles. The number of fused-ring (bicyclic) bond motifs is 1. The van der Waals surface area contributed by atoms with Gasteiger partial charge in [0.1, 0.15) is 5.75 Å². The number of nitrogens with zero attached hydrogens (tertiary/aromatic N) is 1. The molecule has 2 unspecified atom stereocenters. The predicted molar refractivity (Wildman–Crippen MR) is 87.0 cm³/mol. The molecule has 1 saturated heterocycles. The largest absolute Gasteiger partial charge is 0.493 e. The van der Waals surface area contributed by atoms with Gasteiger partial charge in [-0.2, -0.15) is 0 Å². The molecule has 2 aliphatic heterocycles. The van der Waals surface area contributed by atoms with Gasteiger partial charge >= 0.3 is 0 Å². The minimum absolute atomic E-state index is 0.609. The van der Waals surface area contributed by atoms with Crippen molar-refractivity contribution in [3.05, 3.63) is 29.8 Å². The number of likely N-dealkylation sites (tertiary alicyclic amines) is 1. The lowest BCUT2D eigenvalue weighted by atomic mass is 9.93. The highest BCUT2D eigenvalue weighted by Crippen LogP contribution is 2.32. The number of para-hydroxylation sites is 1. The summed E-state index contributed by atoms with van der Waals surface area (Å²) >= 11 is 0. The van der Waals surface area contributed by atoms with Crippen LogP contribution in [-0.2, 0) is 0 Å². The van der Waals surface area contributed by atoms with E-state index in [1.165, 1.54) is 25.1 Å². The number of ether oxygens (including phenoxy) is 1. The van der Waals surface area contributed by atoms with Crippen LogP contribution < -0.4 is 10.1 Å². The van der Waals surface area contributed by atoms with Crippen LogP contribution in [0.25, 0.3) is 0 Å². The summed E-state index contributed by atoms with van der Waals surface area (Å²) in [6.07, 6.45) is 2.47. The Kier molecular flexibility index (Phi) is 4.81. The van der Waals surface area contributed by atoms with E-state index < -0.39 is 0 Å². The van der Waals surface area contributed by atoms with Gasteiger partial charge in [0.2, 0.25) is 0 Å². The molecule has 2 atom stereocenters. The van der Waals surface area contributed by atoms with Crippen molar-refractivity contribution < 1.29 is 4.74 Å². The molecule has 0 bridgehead atoms. The third-order valence-electron chi connectivity index (χ3n) is 4.95. The van der Waals surface area contributed by atoms with Crippen LogP contribution in [-0.4, -0.2) is 43.7 Å². The Morgan fingerprint density at radius 1 is 1.24 bits per heavy atom. The van der Waals surface area contributed by atoms with Crippen molar-refractivity contribution in [2.45, 2.75) is 38.6 Å². The van der Waals surface area contributed by atoms with Crippen molar-refractivity contribution in [3.63, 3.8) is 0 Å². The van der Waals surface area contributed by atoms with E-state index in [-0.39, 0.29) is 0 Å². The minimum Gasteiger partial charge on any atom is -0.493 e. The van der Waals surface area contributed by atoms with Crippen molar-refractivity contribution in [1.29, 1.82) is 0 Å². The fourth-order valence-corrected chi connectivity index (χ4v) is 3.59. The Labute approximate surface area is 128 Å². The third kappa shape index (κ3) is 3.58. The maximum atomic E-state index is 5.74. The van der Waals surface area contributed by atoms with Gasteiger partial charge in [-0.25, -0.2) is 0 Å². The third-order valence-corrected chi connectivity index (χ3v) is 4.95. The Morgan fingerprint density at radius 3 is 2.90 bits per heavy atom. The van der Waals surface area contributed by atoms with E-state index in [0.29, 0.717) is 12.0 Å². The quantitative estimate of drug-likeness (QED) is 0.901. The number of benzene rings is 1. The first kappa shape index (κ1) is 14.9. The van der Waals surface area contributed by atoms with E-state index in [0.717, 1.165) is 37.8 Å². The number of hydrogen-bond donors (Lipinski definition) is 1. The molecule has 3 nitrogen and oxygen atoms in total. The molecule has 1 aromatic rings. The monoisotopic (exact) mass is 288 g/mol. The van der Waals surface area contributed by atoms with Crippen molar-refractivity contribution in [2.75, 3.05) is 32.8 Å². The molecule has 0 saturated carbocycles. The van der Waals surface area contributed by atoms with E-state index in [2.05, 4.69) is 48.3 Å². The Hall–Kier alpha value is -1.06. The predicted octanol–water partition coefficient (Wildman–Crippen LogP) is 2.87. The lowest BCUT2D eigenvalue weighted by molar-refractivity contribution is 0.257. The van der Waals surface area contributed by atoms with Crippen LogP contribution in [0.4, 0.5) is 0 Å². The van der Waals surface area contributed by atoms with Crippen molar-refractivity contribution in [2.24, 2.45) is 5.92 Å². The summed E-state index contributed by atoms with van der Waals surface area (Å²) in [5.74, 6) is 2.52. The fraction of sp³-hybridized carbons (Fsp3) is 0.667. The topological polar surface area (TPSA) is 24.5 Å². The smallest absolute Gasteiger partial charge is 0.122 e. The van der Waals surface area contributed by atoms with Crippen LogP contribution in [0.15, 0.2) is 24.3 Å². The standard InChI is InChI=1S/C18H28N2O/c1-14(2)20-9-7-15(13-20)11-19-12-16-8-10-21-18-6-4-3-5-17(16)18/h3-6,14-16,19H,7-13H2,1-2H3. The van der Waals surface area contributed by atoms with E-state index >= 15 is 0 Å². The average molecular weight is 288 g/mol. The Morgan fingerprint density at radius 2 is 2.10 bits per heavy atom. The molecule has 0 radical (unpaired) electrons. The zero-order valence-electron chi connectivity index (χ0n) is 13.3. The van der Waals surface area contributed by atoms with Gasteiger partial charge < -0.3 is 15.0 Å². The molecule has 2 aliphatic rings. The molecule has 0 spiro atoms. The normalized spacial score (nSPS) is 25.9. The van der Waals surface area contributed by atoms with E-state index in [9.17, 15) is 0 Å². The Bertz CT molecular complexity index is 460. The van der Waals surface area contributed by atoms with Gasteiger partial charge in [-0.1, -0.05) is 18.2 Å². The first-order valence-corrected chi connectivity index (χ1v) is 8.40. The first-order chi connectivity index (χ1) is 10.2. The molecule has 2 heterocycles. The highest BCUT2D eigenvalue weighted by Gasteiger charge is 2.25. The fourth-order valence-electron chi connectivity index (χ4n) is 3.59. The molecular weight excluding hydrogens is 260 g/mol. The Balaban J connectivity index is 1.47. The van der Waals surface area contributed by atoms with Gasteiger partial charge in [0, 0.05) is 25.0 Å². The summed E-state index contributed by atoms with van der Waals surface area (Å²) in [6, 6.07) is 9.19. The van der Waals surface area contributed by atoms with Crippen LogP contribution in [0.5, 0.6) is 5.75 Å². The molecule has 3 heteroatoms. The SMILES string of the molecule is CC(C)N1CCC(CNCC2CCOc3ccccc32)C1. The van der Waals surface area contributed by atoms with Gasteiger partial charge in [-0.3, -0.25) is 0 Å². The number of rotatable bonds is 5. The second kappa shape index (κ2) is 6.80. The molecule has 1 N–H and O–H groups in total. The van der Waals surface area contributed by atoms with Crippen molar-refractivity contribution in [3.8, 4) is 5.75 Å². The van der Waals surface area contributed by atoms with E-state index in [4.69, 9.17) is 4.74 Å². The van der Waals surface area contributed by atoms with Gasteiger partial charge in [-0.15, -0.1) is 0 Å². The molecular formula is C18H28N2O. The van der Waals surface area contributed by atoms with E-state index in [1.807, 2.05) is 0 Å². The zero-order chi connectivity index (χ0) is 14.7. The van der Waals surface area contributed by atoms with Gasteiger partial charge in [0.05, 0.1) is 6.61 Å².